The number of carbonyl (C=O) groups excluding carboxylic acids is 1. The van der Waals surface area contributed by atoms with Crippen molar-refractivity contribution in [3.63, 3.8) is 0 Å². The summed E-state index contributed by atoms with van der Waals surface area (Å²) in [5.74, 6) is 1.67. The third-order valence-electron chi connectivity index (χ3n) is 3.47. The highest BCUT2D eigenvalue weighted by Crippen LogP contribution is 2.17. The van der Waals surface area contributed by atoms with Gasteiger partial charge in [-0.3, -0.25) is 4.79 Å². The van der Waals surface area contributed by atoms with E-state index in [4.69, 9.17) is 0 Å². The maximum Gasteiger partial charge on any atom is 0.220 e. The van der Waals surface area contributed by atoms with Crippen LogP contribution in [-0.2, 0) is 4.79 Å². The molecule has 0 fully saturated rings. The lowest BCUT2D eigenvalue weighted by Crippen LogP contribution is -2.29. The van der Waals surface area contributed by atoms with Crippen LogP contribution in [0.4, 0.5) is 0 Å². The van der Waals surface area contributed by atoms with E-state index >= 15 is 0 Å². The first-order valence-corrected chi connectivity index (χ1v) is 8.69. The van der Waals surface area contributed by atoms with Crippen molar-refractivity contribution in [3.8, 4) is 0 Å². The highest BCUT2D eigenvalue weighted by Gasteiger charge is 2.08. The molecule has 1 aromatic carbocycles. The number of rotatable bonds is 10. The second kappa shape index (κ2) is 10.8. The van der Waals surface area contributed by atoms with Gasteiger partial charge in [-0.15, -0.1) is 11.8 Å². The largest absolute Gasteiger partial charge is 0.356 e. The summed E-state index contributed by atoms with van der Waals surface area (Å²) in [7, 11) is 0. The van der Waals surface area contributed by atoms with Crippen LogP contribution >= 0.6 is 11.8 Å². The molecular weight excluding hydrogens is 266 g/mol. The number of benzene rings is 1. The van der Waals surface area contributed by atoms with Gasteiger partial charge in [-0.2, -0.15) is 0 Å². The smallest absolute Gasteiger partial charge is 0.220 e. The Morgan fingerprint density at radius 2 is 2.00 bits per heavy atom. The summed E-state index contributed by atoms with van der Waals surface area (Å²) < 4.78 is 0. The zero-order chi connectivity index (χ0) is 14.6. The molecule has 1 amide bonds. The van der Waals surface area contributed by atoms with E-state index in [1.165, 1.54) is 24.2 Å². The van der Waals surface area contributed by atoms with Crippen LogP contribution < -0.4 is 5.32 Å². The van der Waals surface area contributed by atoms with Gasteiger partial charge in [0, 0.05) is 23.6 Å². The summed E-state index contributed by atoms with van der Waals surface area (Å²) in [6, 6.07) is 10.2. The number of amides is 1. The molecule has 0 aliphatic heterocycles. The Bertz CT molecular complexity index is 367. The van der Waals surface area contributed by atoms with Gasteiger partial charge in [0.2, 0.25) is 5.91 Å². The Kier molecular flexibility index (Phi) is 9.22. The van der Waals surface area contributed by atoms with Crippen molar-refractivity contribution in [2.45, 2.75) is 50.8 Å². The van der Waals surface area contributed by atoms with Crippen molar-refractivity contribution in [2.75, 3.05) is 12.3 Å². The van der Waals surface area contributed by atoms with E-state index in [1.54, 1.807) is 11.8 Å². The molecule has 0 saturated heterocycles. The topological polar surface area (TPSA) is 29.1 Å². The van der Waals surface area contributed by atoms with E-state index in [-0.39, 0.29) is 5.91 Å². The highest BCUT2D eigenvalue weighted by atomic mass is 32.2. The standard InChI is InChI=1S/C17H27NOS/c1-3-5-9-15(4-2)14-18-17(19)12-13-20-16-10-7-6-8-11-16/h6-8,10-11,15H,3-5,9,12-14H2,1-2H3,(H,18,19)/t15-/m0/s1. The fourth-order valence-corrected chi connectivity index (χ4v) is 2.94. The summed E-state index contributed by atoms with van der Waals surface area (Å²) in [6.45, 7) is 5.26. The molecule has 1 rings (SSSR count). The lowest BCUT2D eigenvalue weighted by Gasteiger charge is -2.15. The molecule has 0 aromatic heterocycles. The first-order valence-electron chi connectivity index (χ1n) is 7.70. The van der Waals surface area contributed by atoms with E-state index < -0.39 is 0 Å². The van der Waals surface area contributed by atoms with Crippen molar-refractivity contribution in [1.29, 1.82) is 0 Å². The van der Waals surface area contributed by atoms with Crippen LogP contribution in [0.3, 0.4) is 0 Å². The molecule has 0 aliphatic carbocycles. The quantitative estimate of drug-likeness (QED) is 0.643. The fraction of sp³-hybridized carbons (Fsp3) is 0.588. The number of unbranched alkanes of at least 4 members (excludes halogenated alkanes) is 1. The van der Waals surface area contributed by atoms with Crippen LogP contribution in [0, 0.1) is 5.92 Å². The second-order valence-electron chi connectivity index (χ2n) is 5.13. The zero-order valence-corrected chi connectivity index (χ0v) is 13.5. The molecule has 0 unspecified atom stereocenters. The van der Waals surface area contributed by atoms with Crippen LogP contribution in [0.1, 0.15) is 46.0 Å². The molecule has 0 radical (unpaired) electrons. The van der Waals surface area contributed by atoms with Crippen molar-refractivity contribution in [3.05, 3.63) is 30.3 Å². The number of nitrogens with one attached hydrogen (secondary N) is 1. The van der Waals surface area contributed by atoms with Crippen LogP contribution in [-0.4, -0.2) is 18.2 Å². The minimum absolute atomic E-state index is 0.184. The highest BCUT2D eigenvalue weighted by molar-refractivity contribution is 7.99. The molecule has 0 aliphatic rings. The maximum atomic E-state index is 11.8. The molecule has 1 N–H and O–H groups in total. The Morgan fingerprint density at radius 3 is 2.65 bits per heavy atom. The number of carbonyl (C=O) groups is 1. The molecule has 3 heteroatoms. The predicted octanol–water partition coefficient (Wildman–Crippen LogP) is 4.50. The van der Waals surface area contributed by atoms with Crippen molar-refractivity contribution in [2.24, 2.45) is 5.92 Å². The number of hydrogen-bond acceptors (Lipinski definition) is 2. The molecule has 2 nitrogen and oxygen atoms in total. The Balaban J connectivity index is 2.13. The second-order valence-corrected chi connectivity index (χ2v) is 6.30. The molecule has 20 heavy (non-hydrogen) atoms. The molecule has 1 atom stereocenters. The Morgan fingerprint density at radius 1 is 1.25 bits per heavy atom. The van der Waals surface area contributed by atoms with Gasteiger partial charge in [0.1, 0.15) is 0 Å². The summed E-state index contributed by atoms with van der Waals surface area (Å²) in [5, 5.41) is 3.08. The normalized spacial score (nSPS) is 12.1. The predicted molar refractivity (Wildman–Crippen MR) is 88.1 cm³/mol. The number of thioether (sulfide) groups is 1. The van der Waals surface area contributed by atoms with Crippen molar-refractivity contribution >= 4 is 17.7 Å². The SMILES string of the molecule is CCCC[C@H](CC)CNC(=O)CCSc1ccccc1. The van der Waals surface area contributed by atoms with Gasteiger partial charge in [-0.05, 0) is 24.5 Å². The number of hydrogen-bond donors (Lipinski definition) is 1. The third-order valence-corrected chi connectivity index (χ3v) is 4.49. The minimum atomic E-state index is 0.184. The van der Waals surface area contributed by atoms with E-state index in [0.29, 0.717) is 12.3 Å². The maximum absolute atomic E-state index is 11.8. The van der Waals surface area contributed by atoms with Gasteiger partial charge in [0.05, 0.1) is 0 Å². The molecule has 112 valence electrons. The minimum Gasteiger partial charge on any atom is -0.356 e. The monoisotopic (exact) mass is 293 g/mol. The van der Waals surface area contributed by atoms with Gasteiger partial charge in [0.15, 0.2) is 0 Å². The van der Waals surface area contributed by atoms with E-state index in [1.807, 2.05) is 18.2 Å². The lowest BCUT2D eigenvalue weighted by atomic mass is 9.99. The van der Waals surface area contributed by atoms with E-state index in [9.17, 15) is 4.79 Å². The molecule has 0 bridgehead atoms. The summed E-state index contributed by atoms with van der Waals surface area (Å²) in [5.41, 5.74) is 0. The van der Waals surface area contributed by atoms with E-state index in [2.05, 4.69) is 31.3 Å². The third kappa shape index (κ3) is 7.59. The average molecular weight is 293 g/mol. The van der Waals surface area contributed by atoms with Crippen LogP contribution in [0.5, 0.6) is 0 Å². The lowest BCUT2D eigenvalue weighted by molar-refractivity contribution is -0.120. The summed E-state index contributed by atoms with van der Waals surface area (Å²) in [4.78, 5) is 13.0. The summed E-state index contributed by atoms with van der Waals surface area (Å²) in [6.07, 6.45) is 5.48. The molecule has 0 spiro atoms. The van der Waals surface area contributed by atoms with Gasteiger partial charge >= 0.3 is 0 Å². The zero-order valence-electron chi connectivity index (χ0n) is 12.7. The molecule has 0 heterocycles. The van der Waals surface area contributed by atoms with Gasteiger partial charge in [0.25, 0.3) is 0 Å². The summed E-state index contributed by atoms with van der Waals surface area (Å²) >= 11 is 1.74. The van der Waals surface area contributed by atoms with Crippen LogP contribution in [0.15, 0.2) is 35.2 Å². The Hall–Kier alpha value is -0.960. The van der Waals surface area contributed by atoms with Crippen molar-refractivity contribution in [1.82, 2.24) is 5.32 Å². The van der Waals surface area contributed by atoms with Crippen molar-refractivity contribution < 1.29 is 4.79 Å². The fourth-order valence-electron chi connectivity index (χ4n) is 2.07. The van der Waals surface area contributed by atoms with Crippen LogP contribution in [0.25, 0.3) is 0 Å². The molecular formula is C17H27NOS. The van der Waals surface area contributed by atoms with Gasteiger partial charge in [-0.25, -0.2) is 0 Å². The van der Waals surface area contributed by atoms with Gasteiger partial charge in [-0.1, -0.05) is 51.3 Å². The van der Waals surface area contributed by atoms with Crippen LogP contribution in [0.2, 0.25) is 0 Å². The van der Waals surface area contributed by atoms with Gasteiger partial charge < -0.3 is 5.32 Å². The first kappa shape index (κ1) is 17.1. The Labute approximate surface area is 127 Å². The van der Waals surface area contributed by atoms with E-state index in [0.717, 1.165) is 18.7 Å². The molecule has 1 aromatic rings. The molecule has 0 saturated carbocycles. The average Bonchev–Trinajstić information content (AvgIpc) is 2.48. The first-order chi connectivity index (χ1) is 9.76.